The van der Waals surface area contributed by atoms with Crippen molar-refractivity contribution in [2.45, 2.75) is 41.0 Å². The number of aromatic nitrogens is 4. The average molecular weight is 430 g/mol. The summed E-state index contributed by atoms with van der Waals surface area (Å²) in [5.41, 5.74) is 6.17. The average Bonchev–Trinajstić information content (AvgIpc) is 3.35. The zero-order valence-corrected chi connectivity index (χ0v) is 18.8. The minimum atomic E-state index is -0.277. The summed E-state index contributed by atoms with van der Waals surface area (Å²) < 4.78 is 9.32. The van der Waals surface area contributed by atoms with Crippen molar-refractivity contribution >= 4 is 11.6 Å². The third kappa shape index (κ3) is 4.56. The number of aryl methyl sites for hydroxylation is 3. The van der Waals surface area contributed by atoms with Crippen LogP contribution in [0, 0.1) is 27.7 Å². The SMILES string of the molecule is Cc1ccccc1Cn1nc(C)c(NC(=O)c2ccn(COc3ccccc3C)n2)c1C. The number of rotatable bonds is 7. The summed E-state index contributed by atoms with van der Waals surface area (Å²) in [7, 11) is 0. The molecule has 0 unspecified atom stereocenters. The highest BCUT2D eigenvalue weighted by Crippen LogP contribution is 2.22. The van der Waals surface area contributed by atoms with Gasteiger partial charge in [0.15, 0.2) is 12.4 Å². The lowest BCUT2D eigenvalue weighted by Crippen LogP contribution is -2.15. The Labute approximate surface area is 187 Å². The molecule has 2 aromatic carbocycles. The van der Waals surface area contributed by atoms with E-state index in [0.29, 0.717) is 17.9 Å². The number of carbonyl (C=O) groups is 1. The van der Waals surface area contributed by atoms with Gasteiger partial charge in [-0.2, -0.15) is 10.2 Å². The van der Waals surface area contributed by atoms with E-state index in [1.54, 1.807) is 16.9 Å². The molecule has 0 atom stereocenters. The summed E-state index contributed by atoms with van der Waals surface area (Å²) in [6.07, 6.45) is 1.73. The molecular weight excluding hydrogens is 402 g/mol. The molecular formula is C25H27N5O2. The molecule has 2 heterocycles. The Balaban J connectivity index is 1.44. The first kappa shape index (κ1) is 21.4. The summed E-state index contributed by atoms with van der Waals surface area (Å²) >= 11 is 0. The lowest BCUT2D eigenvalue weighted by atomic mass is 10.1. The zero-order chi connectivity index (χ0) is 22.7. The highest BCUT2D eigenvalue weighted by atomic mass is 16.5. The third-order valence-corrected chi connectivity index (χ3v) is 5.52. The first-order chi connectivity index (χ1) is 15.4. The first-order valence-corrected chi connectivity index (χ1v) is 10.5. The van der Waals surface area contributed by atoms with Crippen LogP contribution in [0.25, 0.3) is 0 Å². The number of ether oxygens (including phenoxy) is 1. The van der Waals surface area contributed by atoms with Crippen LogP contribution in [0.1, 0.15) is 38.6 Å². The van der Waals surface area contributed by atoms with Crippen molar-refractivity contribution in [3.05, 3.63) is 94.6 Å². The second kappa shape index (κ2) is 9.09. The smallest absolute Gasteiger partial charge is 0.276 e. The molecule has 1 N–H and O–H groups in total. The molecule has 32 heavy (non-hydrogen) atoms. The van der Waals surface area contributed by atoms with Crippen LogP contribution in [0.3, 0.4) is 0 Å². The van der Waals surface area contributed by atoms with Crippen molar-refractivity contribution in [3.63, 3.8) is 0 Å². The van der Waals surface area contributed by atoms with Crippen LogP contribution in [0.15, 0.2) is 60.8 Å². The normalized spacial score (nSPS) is 10.9. The van der Waals surface area contributed by atoms with E-state index in [0.717, 1.165) is 22.7 Å². The molecule has 1 amide bonds. The standard InChI is InChI=1S/C25H27N5O2/c1-17-9-5-7-11-21(17)15-30-20(4)24(19(3)27-30)26-25(31)22-13-14-29(28-22)16-32-23-12-8-6-10-18(23)2/h5-14H,15-16H2,1-4H3,(H,26,31). The number of nitrogens with one attached hydrogen (secondary N) is 1. The van der Waals surface area contributed by atoms with E-state index in [1.165, 1.54) is 11.1 Å². The minimum absolute atomic E-state index is 0.227. The van der Waals surface area contributed by atoms with Gasteiger partial charge in [0.25, 0.3) is 5.91 Å². The molecule has 0 aliphatic heterocycles. The van der Waals surface area contributed by atoms with Crippen molar-refractivity contribution in [3.8, 4) is 5.75 Å². The molecule has 4 aromatic rings. The molecule has 7 heteroatoms. The van der Waals surface area contributed by atoms with Gasteiger partial charge in [-0.3, -0.25) is 9.48 Å². The van der Waals surface area contributed by atoms with Gasteiger partial charge < -0.3 is 10.1 Å². The first-order valence-electron chi connectivity index (χ1n) is 10.5. The molecule has 2 aromatic heterocycles. The van der Waals surface area contributed by atoms with E-state index in [1.807, 2.05) is 61.9 Å². The number of benzene rings is 2. The minimum Gasteiger partial charge on any atom is -0.471 e. The van der Waals surface area contributed by atoms with Crippen LogP contribution in [0.4, 0.5) is 5.69 Å². The Hall–Kier alpha value is -3.87. The van der Waals surface area contributed by atoms with Gasteiger partial charge in [0.05, 0.1) is 23.6 Å². The van der Waals surface area contributed by atoms with E-state index in [2.05, 4.69) is 34.6 Å². The number of anilines is 1. The largest absolute Gasteiger partial charge is 0.471 e. The van der Waals surface area contributed by atoms with Gasteiger partial charge in [0, 0.05) is 6.20 Å². The van der Waals surface area contributed by atoms with Crippen molar-refractivity contribution in [1.82, 2.24) is 19.6 Å². The van der Waals surface area contributed by atoms with E-state index in [4.69, 9.17) is 4.74 Å². The van der Waals surface area contributed by atoms with Crippen molar-refractivity contribution < 1.29 is 9.53 Å². The van der Waals surface area contributed by atoms with Gasteiger partial charge in [-0.05, 0) is 56.5 Å². The molecule has 4 rings (SSSR count). The molecule has 0 aliphatic carbocycles. The highest BCUT2D eigenvalue weighted by molar-refractivity contribution is 6.03. The van der Waals surface area contributed by atoms with Crippen LogP contribution >= 0.6 is 0 Å². The predicted molar refractivity (Wildman–Crippen MR) is 124 cm³/mol. The fourth-order valence-corrected chi connectivity index (χ4v) is 3.57. The van der Waals surface area contributed by atoms with Crippen molar-refractivity contribution in [2.24, 2.45) is 0 Å². The molecule has 0 bridgehead atoms. The molecule has 164 valence electrons. The van der Waals surface area contributed by atoms with Gasteiger partial charge in [0.1, 0.15) is 5.75 Å². The summed E-state index contributed by atoms with van der Waals surface area (Å²) in [5, 5.41) is 11.9. The molecule has 0 aliphatic rings. The maximum Gasteiger partial charge on any atom is 0.276 e. The summed E-state index contributed by atoms with van der Waals surface area (Å²) in [5.74, 6) is 0.516. The summed E-state index contributed by atoms with van der Waals surface area (Å²) in [6, 6.07) is 17.7. The second-order valence-electron chi connectivity index (χ2n) is 7.86. The van der Waals surface area contributed by atoms with E-state index in [9.17, 15) is 4.79 Å². The zero-order valence-electron chi connectivity index (χ0n) is 18.8. The van der Waals surface area contributed by atoms with Gasteiger partial charge >= 0.3 is 0 Å². The van der Waals surface area contributed by atoms with Gasteiger partial charge in [-0.25, -0.2) is 4.68 Å². The summed E-state index contributed by atoms with van der Waals surface area (Å²) in [6.45, 7) is 8.81. The Morgan fingerprint density at radius 2 is 1.66 bits per heavy atom. The van der Waals surface area contributed by atoms with Crippen LogP contribution in [0.2, 0.25) is 0 Å². The molecule has 0 radical (unpaired) electrons. The maximum atomic E-state index is 12.8. The van der Waals surface area contributed by atoms with Gasteiger partial charge in [-0.15, -0.1) is 0 Å². The molecule has 0 spiro atoms. The number of carbonyl (C=O) groups excluding carboxylic acids is 1. The van der Waals surface area contributed by atoms with Gasteiger partial charge in [-0.1, -0.05) is 42.5 Å². The van der Waals surface area contributed by atoms with E-state index >= 15 is 0 Å². The Morgan fingerprint density at radius 3 is 2.41 bits per heavy atom. The number of hydrogen-bond acceptors (Lipinski definition) is 4. The Kier molecular flexibility index (Phi) is 6.07. The van der Waals surface area contributed by atoms with Crippen molar-refractivity contribution in [2.75, 3.05) is 5.32 Å². The van der Waals surface area contributed by atoms with Crippen molar-refractivity contribution in [1.29, 1.82) is 0 Å². The number of para-hydroxylation sites is 1. The number of nitrogens with zero attached hydrogens (tertiary/aromatic N) is 4. The summed E-state index contributed by atoms with van der Waals surface area (Å²) in [4.78, 5) is 12.8. The molecule has 0 saturated carbocycles. The topological polar surface area (TPSA) is 74.0 Å². The van der Waals surface area contributed by atoms with E-state index < -0.39 is 0 Å². The van der Waals surface area contributed by atoms with Crippen LogP contribution in [-0.4, -0.2) is 25.5 Å². The second-order valence-corrected chi connectivity index (χ2v) is 7.86. The van der Waals surface area contributed by atoms with Gasteiger partial charge in [0.2, 0.25) is 0 Å². The van der Waals surface area contributed by atoms with Crippen LogP contribution in [-0.2, 0) is 13.3 Å². The fourth-order valence-electron chi connectivity index (χ4n) is 3.57. The van der Waals surface area contributed by atoms with Crippen LogP contribution in [0.5, 0.6) is 5.75 Å². The predicted octanol–water partition coefficient (Wildman–Crippen LogP) is 4.65. The number of hydrogen-bond donors (Lipinski definition) is 1. The highest BCUT2D eigenvalue weighted by Gasteiger charge is 2.17. The monoisotopic (exact) mass is 429 g/mol. The lowest BCUT2D eigenvalue weighted by Gasteiger charge is -2.09. The Morgan fingerprint density at radius 1 is 0.938 bits per heavy atom. The third-order valence-electron chi connectivity index (χ3n) is 5.52. The maximum absolute atomic E-state index is 12.8. The van der Waals surface area contributed by atoms with Crippen LogP contribution < -0.4 is 10.1 Å². The number of amides is 1. The Bertz CT molecular complexity index is 1250. The lowest BCUT2D eigenvalue weighted by molar-refractivity contribution is 0.102. The fraction of sp³-hybridized carbons (Fsp3) is 0.240. The molecule has 0 saturated heterocycles. The van der Waals surface area contributed by atoms with E-state index in [-0.39, 0.29) is 12.6 Å². The quantitative estimate of drug-likeness (QED) is 0.464. The molecule has 0 fully saturated rings. The molecule has 7 nitrogen and oxygen atoms in total.